The van der Waals surface area contributed by atoms with E-state index in [2.05, 4.69) is 24.6 Å². The first-order valence-electron chi connectivity index (χ1n) is 5.88. The Morgan fingerprint density at radius 3 is 2.87 bits per heavy atom. The van der Waals surface area contributed by atoms with Gasteiger partial charge in [0.1, 0.15) is 0 Å². The molecule has 0 amide bonds. The molecule has 0 aliphatic heterocycles. The summed E-state index contributed by atoms with van der Waals surface area (Å²) in [4.78, 5) is 4.16. The van der Waals surface area contributed by atoms with Crippen molar-refractivity contribution in [3.63, 3.8) is 0 Å². The predicted octanol–water partition coefficient (Wildman–Crippen LogP) is 3.92. The Balaban J connectivity index is 2.13. The van der Waals surface area contributed by atoms with Crippen molar-refractivity contribution in [1.82, 2.24) is 4.98 Å². The number of hydrogen-bond acceptors (Lipinski definition) is 1. The molecule has 80 valence electrons. The van der Waals surface area contributed by atoms with Gasteiger partial charge in [-0.1, -0.05) is 38.8 Å². The summed E-state index contributed by atoms with van der Waals surface area (Å²) in [6.07, 6.45) is 9.15. The molecule has 0 spiro atoms. The molecule has 15 heavy (non-hydrogen) atoms. The van der Waals surface area contributed by atoms with Gasteiger partial charge in [0.25, 0.3) is 0 Å². The third-order valence-electron chi connectivity index (χ3n) is 3.59. The average molecular weight is 201 g/mol. The average Bonchev–Trinajstić information content (AvgIpc) is 2.30. The van der Waals surface area contributed by atoms with Gasteiger partial charge >= 0.3 is 0 Å². The second-order valence-electron chi connectivity index (χ2n) is 4.64. The molecule has 1 nitrogen and oxygen atoms in total. The second-order valence-corrected chi connectivity index (χ2v) is 4.64. The van der Waals surface area contributed by atoms with E-state index in [4.69, 9.17) is 0 Å². The molecule has 2 unspecified atom stereocenters. The molecule has 0 aromatic carbocycles. The zero-order chi connectivity index (χ0) is 10.7. The van der Waals surface area contributed by atoms with Crippen LogP contribution in [0.1, 0.15) is 38.2 Å². The molecule has 0 radical (unpaired) electrons. The highest BCUT2D eigenvalue weighted by Gasteiger charge is 2.24. The Bertz CT molecular complexity index is 328. The Hall–Kier alpha value is -1.11. The summed E-state index contributed by atoms with van der Waals surface area (Å²) in [7, 11) is 0. The maximum Gasteiger partial charge on any atom is 0.0342 e. The number of hydrogen-bond donors (Lipinski definition) is 0. The molecule has 0 N–H and O–H groups in total. The van der Waals surface area contributed by atoms with Crippen LogP contribution in [0.25, 0.3) is 5.57 Å². The van der Waals surface area contributed by atoms with E-state index in [1.807, 2.05) is 18.5 Å². The zero-order valence-corrected chi connectivity index (χ0v) is 9.45. The molecule has 1 saturated carbocycles. The van der Waals surface area contributed by atoms with E-state index in [0.717, 1.165) is 5.92 Å². The van der Waals surface area contributed by atoms with E-state index < -0.39 is 0 Å². The van der Waals surface area contributed by atoms with Gasteiger partial charge in [0.05, 0.1) is 0 Å². The number of rotatable bonds is 2. The fraction of sp³-hybridized carbons (Fsp3) is 0.500. The highest BCUT2D eigenvalue weighted by molar-refractivity contribution is 5.64. The lowest BCUT2D eigenvalue weighted by Gasteiger charge is -2.30. The van der Waals surface area contributed by atoms with Gasteiger partial charge in [0.15, 0.2) is 0 Å². The van der Waals surface area contributed by atoms with E-state index in [9.17, 15) is 0 Å². The molecule has 1 heteroatoms. The van der Waals surface area contributed by atoms with E-state index >= 15 is 0 Å². The van der Waals surface area contributed by atoms with Crippen LogP contribution in [0, 0.1) is 11.8 Å². The van der Waals surface area contributed by atoms with Gasteiger partial charge in [-0.25, -0.2) is 0 Å². The molecule has 2 atom stereocenters. The fourth-order valence-electron chi connectivity index (χ4n) is 2.60. The van der Waals surface area contributed by atoms with Crippen LogP contribution >= 0.6 is 0 Å². The Labute approximate surface area is 92.2 Å². The largest absolute Gasteiger partial charge is 0.264 e. The molecule has 1 fully saturated rings. The number of aromatic nitrogens is 1. The van der Waals surface area contributed by atoms with E-state index in [-0.39, 0.29) is 0 Å². The van der Waals surface area contributed by atoms with Crippen molar-refractivity contribution in [1.29, 1.82) is 0 Å². The van der Waals surface area contributed by atoms with Crippen LogP contribution in [0.3, 0.4) is 0 Å². The number of nitrogens with zero attached hydrogens (tertiary/aromatic N) is 1. The SMILES string of the molecule is C=C(c1cccnc1)C1CCCCC1C. The molecule has 1 heterocycles. The number of pyridine rings is 1. The van der Waals surface area contributed by atoms with Crippen molar-refractivity contribution in [2.45, 2.75) is 32.6 Å². The molecule has 0 bridgehead atoms. The van der Waals surface area contributed by atoms with Crippen molar-refractivity contribution < 1.29 is 0 Å². The van der Waals surface area contributed by atoms with Crippen LogP contribution in [0.15, 0.2) is 31.1 Å². The number of allylic oxidation sites excluding steroid dienone is 1. The lowest BCUT2D eigenvalue weighted by Crippen LogP contribution is -2.17. The van der Waals surface area contributed by atoms with Crippen LogP contribution in [0.5, 0.6) is 0 Å². The summed E-state index contributed by atoms with van der Waals surface area (Å²) in [6.45, 7) is 6.61. The summed E-state index contributed by atoms with van der Waals surface area (Å²) in [5, 5.41) is 0. The van der Waals surface area contributed by atoms with Gasteiger partial charge in [-0.05, 0) is 35.5 Å². The standard InChI is InChI=1S/C14H19N/c1-11-6-3-4-8-14(11)12(2)13-7-5-9-15-10-13/h5,7,9-11,14H,2-4,6,8H2,1H3. The van der Waals surface area contributed by atoms with Gasteiger partial charge in [-0.15, -0.1) is 0 Å². The molecule has 2 rings (SSSR count). The maximum absolute atomic E-state index is 4.26. The minimum absolute atomic E-state index is 0.669. The molecule has 1 aromatic rings. The predicted molar refractivity (Wildman–Crippen MR) is 64.4 cm³/mol. The van der Waals surface area contributed by atoms with Crippen LogP contribution in [0.2, 0.25) is 0 Å². The smallest absolute Gasteiger partial charge is 0.0342 e. The fourth-order valence-corrected chi connectivity index (χ4v) is 2.60. The van der Waals surface area contributed by atoms with Crippen molar-refractivity contribution >= 4 is 5.57 Å². The van der Waals surface area contributed by atoms with E-state index in [1.54, 1.807) is 0 Å². The first kappa shape index (κ1) is 10.4. The monoisotopic (exact) mass is 201 g/mol. The first-order chi connectivity index (χ1) is 7.29. The van der Waals surface area contributed by atoms with Crippen LogP contribution in [-0.4, -0.2) is 4.98 Å². The van der Waals surface area contributed by atoms with Gasteiger partial charge in [0, 0.05) is 12.4 Å². The molecule has 1 aromatic heterocycles. The quantitative estimate of drug-likeness (QED) is 0.706. The summed E-state index contributed by atoms with van der Waals surface area (Å²) in [6, 6.07) is 4.12. The lowest BCUT2D eigenvalue weighted by atomic mass is 9.75. The summed E-state index contributed by atoms with van der Waals surface area (Å²) < 4.78 is 0. The second kappa shape index (κ2) is 4.61. The first-order valence-corrected chi connectivity index (χ1v) is 5.88. The zero-order valence-electron chi connectivity index (χ0n) is 9.45. The molecule has 0 saturated heterocycles. The van der Waals surface area contributed by atoms with E-state index in [0.29, 0.717) is 5.92 Å². The van der Waals surface area contributed by atoms with Gasteiger partial charge in [-0.2, -0.15) is 0 Å². The topological polar surface area (TPSA) is 12.9 Å². The third-order valence-corrected chi connectivity index (χ3v) is 3.59. The van der Waals surface area contributed by atoms with Gasteiger partial charge in [0.2, 0.25) is 0 Å². The van der Waals surface area contributed by atoms with Crippen LogP contribution in [0.4, 0.5) is 0 Å². The molecular weight excluding hydrogens is 182 g/mol. The molecular formula is C14H19N. The molecule has 1 aliphatic rings. The van der Waals surface area contributed by atoms with Gasteiger partial charge in [-0.3, -0.25) is 4.98 Å². The minimum atomic E-state index is 0.669. The van der Waals surface area contributed by atoms with E-state index in [1.165, 1.54) is 36.8 Å². The summed E-state index contributed by atoms with van der Waals surface area (Å²) >= 11 is 0. The Morgan fingerprint density at radius 1 is 1.40 bits per heavy atom. The van der Waals surface area contributed by atoms with Crippen molar-refractivity contribution in [2.75, 3.05) is 0 Å². The van der Waals surface area contributed by atoms with Crippen molar-refractivity contribution in [3.8, 4) is 0 Å². The highest BCUT2D eigenvalue weighted by atomic mass is 14.6. The lowest BCUT2D eigenvalue weighted by molar-refractivity contribution is 0.316. The van der Waals surface area contributed by atoms with Gasteiger partial charge < -0.3 is 0 Å². The molecule has 1 aliphatic carbocycles. The highest BCUT2D eigenvalue weighted by Crippen LogP contribution is 2.37. The van der Waals surface area contributed by atoms with Crippen LogP contribution < -0.4 is 0 Å². The maximum atomic E-state index is 4.26. The van der Waals surface area contributed by atoms with Crippen molar-refractivity contribution in [2.24, 2.45) is 11.8 Å². The van der Waals surface area contributed by atoms with Crippen molar-refractivity contribution in [3.05, 3.63) is 36.7 Å². The normalized spacial score (nSPS) is 26.2. The third kappa shape index (κ3) is 2.28. The summed E-state index contributed by atoms with van der Waals surface area (Å²) in [5.41, 5.74) is 2.51. The summed E-state index contributed by atoms with van der Waals surface area (Å²) in [5.74, 6) is 1.45. The minimum Gasteiger partial charge on any atom is -0.264 e. The Morgan fingerprint density at radius 2 is 2.20 bits per heavy atom. The Kier molecular flexibility index (Phi) is 3.20. The van der Waals surface area contributed by atoms with Crippen LogP contribution in [-0.2, 0) is 0 Å².